The van der Waals surface area contributed by atoms with Crippen molar-refractivity contribution in [3.8, 4) is 0 Å². The number of carbonyl (C=O) groups excluding carboxylic acids is 3. The lowest BCUT2D eigenvalue weighted by Gasteiger charge is -2.20. The molecular formula is C45H82NO9P. The average molecular weight is 812 g/mol. The molecule has 3 unspecified atom stereocenters. The zero-order valence-electron chi connectivity index (χ0n) is 35.8. The summed E-state index contributed by atoms with van der Waals surface area (Å²) in [6, 6.07) is -1.08. The summed E-state index contributed by atoms with van der Waals surface area (Å²) in [6.45, 7) is 4.34. The lowest BCUT2D eigenvalue weighted by molar-refractivity contribution is -0.161. The van der Waals surface area contributed by atoms with Crippen molar-refractivity contribution >= 4 is 25.5 Å². The number of esters is 2. The lowest BCUT2D eigenvalue weighted by Crippen LogP contribution is -2.33. The molecule has 0 rings (SSSR count). The van der Waals surface area contributed by atoms with Crippen LogP contribution in [0.3, 0.4) is 0 Å². The molecule has 0 heterocycles. The van der Waals surface area contributed by atoms with E-state index in [0.29, 0.717) is 12.8 Å². The minimum absolute atomic E-state index is 0.0753. The molecule has 0 aromatic carbocycles. The van der Waals surface area contributed by atoms with E-state index in [4.69, 9.17) is 24.3 Å². The standard InChI is InChI=1S/C45H82NO9P/c1-4-6-8-10-12-14-16-18-20-21-23-25-27-29-31-33-35-37-45(49)55-42(39-53-56(50,51)54-40-43(46)41(3)47)38-52-44(48)36-34-32-30-28-26-24-22-19-17-15-13-11-9-7-5-2/h20-21,25,27,31,33,42-43H,4-19,22-24,26,28-30,32,34-40,46H2,1-3H3,(H,50,51)/b21-20-,27-25-,33-31-. The number of unbranched alkanes of at least 4 members (excludes halogenated alkanes) is 21. The van der Waals surface area contributed by atoms with Gasteiger partial charge in [0.05, 0.1) is 19.3 Å². The monoisotopic (exact) mass is 812 g/mol. The summed E-state index contributed by atoms with van der Waals surface area (Å²) in [7, 11) is -4.62. The highest BCUT2D eigenvalue weighted by Crippen LogP contribution is 2.43. The number of phosphoric ester groups is 1. The largest absolute Gasteiger partial charge is 0.472 e. The zero-order valence-corrected chi connectivity index (χ0v) is 36.7. The van der Waals surface area contributed by atoms with E-state index in [0.717, 1.165) is 38.5 Å². The molecule has 0 bridgehead atoms. The molecule has 0 saturated heterocycles. The summed E-state index contributed by atoms with van der Waals surface area (Å²) in [4.78, 5) is 46.5. The van der Waals surface area contributed by atoms with E-state index >= 15 is 0 Å². The molecule has 0 aromatic rings. The number of hydrogen-bond acceptors (Lipinski definition) is 9. The molecule has 0 aromatic heterocycles. The summed E-state index contributed by atoms with van der Waals surface area (Å²) in [5.74, 6) is -1.41. The molecular weight excluding hydrogens is 729 g/mol. The van der Waals surface area contributed by atoms with Crippen LogP contribution in [0.1, 0.15) is 201 Å². The molecule has 0 fully saturated rings. The smallest absolute Gasteiger partial charge is 0.462 e. The maximum absolute atomic E-state index is 12.6. The fourth-order valence-electron chi connectivity index (χ4n) is 5.96. The molecule has 0 spiro atoms. The molecule has 0 aliphatic heterocycles. The molecule has 11 heteroatoms. The Balaban J connectivity index is 4.45. The number of Topliss-reactive ketones (excluding diaryl/α,β-unsaturated/α-hetero) is 1. The van der Waals surface area contributed by atoms with Crippen LogP contribution in [0.5, 0.6) is 0 Å². The van der Waals surface area contributed by atoms with Gasteiger partial charge in [-0.1, -0.05) is 179 Å². The Hall–Kier alpha value is -2.10. The molecule has 3 N–H and O–H groups in total. The van der Waals surface area contributed by atoms with Gasteiger partial charge < -0.3 is 20.1 Å². The van der Waals surface area contributed by atoms with E-state index < -0.39 is 50.9 Å². The number of rotatable bonds is 41. The topological polar surface area (TPSA) is 151 Å². The van der Waals surface area contributed by atoms with Crippen molar-refractivity contribution < 1.29 is 42.4 Å². The zero-order chi connectivity index (χ0) is 41.4. The Morgan fingerprint density at radius 1 is 0.554 bits per heavy atom. The van der Waals surface area contributed by atoms with Gasteiger partial charge in [0, 0.05) is 12.8 Å². The van der Waals surface area contributed by atoms with Gasteiger partial charge in [0.1, 0.15) is 12.4 Å². The summed E-state index contributed by atoms with van der Waals surface area (Å²) >= 11 is 0. The maximum atomic E-state index is 12.6. The van der Waals surface area contributed by atoms with Crippen molar-refractivity contribution in [2.24, 2.45) is 5.73 Å². The maximum Gasteiger partial charge on any atom is 0.472 e. The Morgan fingerprint density at radius 2 is 0.982 bits per heavy atom. The van der Waals surface area contributed by atoms with Crippen molar-refractivity contribution in [2.45, 2.75) is 213 Å². The normalized spacial score (nSPS) is 14.1. The lowest BCUT2D eigenvalue weighted by atomic mass is 10.0. The second-order valence-corrected chi connectivity index (χ2v) is 16.6. The van der Waals surface area contributed by atoms with E-state index in [1.54, 1.807) is 0 Å². The van der Waals surface area contributed by atoms with Crippen LogP contribution in [-0.4, -0.2) is 54.6 Å². The molecule has 0 aliphatic rings. The van der Waals surface area contributed by atoms with Gasteiger partial charge >= 0.3 is 19.8 Å². The molecule has 56 heavy (non-hydrogen) atoms. The SMILES string of the molecule is CCCCCCCCC/C=C\C/C=C\C/C=C\CCC(=O)OC(COC(=O)CCCCCCCCCCCCCCCCC)COP(=O)(O)OCC(N)C(C)=O. The third-order valence-electron chi connectivity index (χ3n) is 9.61. The second-order valence-electron chi connectivity index (χ2n) is 15.1. The van der Waals surface area contributed by atoms with Crippen LogP contribution in [0.25, 0.3) is 0 Å². The Morgan fingerprint density at radius 3 is 1.48 bits per heavy atom. The van der Waals surface area contributed by atoms with E-state index in [-0.39, 0.29) is 19.4 Å². The van der Waals surface area contributed by atoms with E-state index in [1.165, 1.54) is 122 Å². The highest BCUT2D eigenvalue weighted by molar-refractivity contribution is 7.47. The Labute approximate surface area is 341 Å². The molecule has 0 saturated carbocycles. The number of ether oxygens (including phenoxy) is 2. The van der Waals surface area contributed by atoms with Crippen LogP contribution in [0.4, 0.5) is 0 Å². The highest BCUT2D eigenvalue weighted by atomic mass is 31.2. The average Bonchev–Trinajstić information content (AvgIpc) is 3.17. The number of allylic oxidation sites excluding steroid dienone is 6. The van der Waals surface area contributed by atoms with Gasteiger partial charge in [-0.2, -0.15) is 0 Å². The molecule has 326 valence electrons. The molecule has 0 aliphatic carbocycles. The third kappa shape index (κ3) is 38.8. The number of hydrogen-bond donors (Lipinski definition) is 2. The van der Waals surface area contributed by atoms with Crippen LogP contribution in [0.2, 0.25) is 0 Å². The number of phosphoric acid groups is 1. The van der Waals surface area contributed by atoms with Gasteiger partial charge in [-0.05, 0) is 45.4 Å². The Bertz CT molecular complexity index is 1090. The van der Waals surface area contributed by atoms with Gasteiger partial charge in [-0.25, -0.2) is 4.57 Å². The van der Waals surface area contributed by atoms with Gasteiger partial charge in [0.2, 0.25) is 0 Å². The van der Waals surface area contributed by atoms with Gasteiger partial charge in [0.15, 0.2) is 6.10 Å². The predicted octanol–water partition coefficient (Wildman–Crippen LogP) is 12.1. The van der Waals surface area contributed by atoms with E-state index in [1.807, 2.05) is 12.2 Å². The minimum atomic E-state index is -4.62. The highest BCUT2D eigenvalue weighted by Gasteiger charge is 2.27. The van der Waals surface area contributed by atoms with E-state index in [2.05, 4.69) is 38.2 Å². The summed E-state index contributed by atoms with van der Waals surface area (Å²) in [6.07, 6.45) is 42.7. The number of ketones is 1. The van der Waals surface area contributed by atoms with Crippen molar-refractivity contribution in [1.82, 2.24) is 0 Å². The van der Waals surface area contributed by atoms with Gasteiger partial charge in [-0.3, -0.25) is 23.4 Å². The van der Waals surface area contributed by atoms with Crippen LogP contribution in [0, 0.1) is 0 Å². The fraction of sp³-hybridized carbons (Fsp3) is 0.800. The predicted molar refractivity (Wildman–Crippen MR) is 229 cm³/mol. The quantitative estimate of drug-likeness (QED) is 0.0264. The first-order valence-electron chi connectivity index (χ1n) is 22.3. The third-order valence-corrected chi connectivity index (χ3v) is 10.6. The first kappa shape index (κ1) is 53.9. The van der Waals surface area contributed by atoms with Crippen molar-refractivity contribution in [2.75, 3.05) is 19.8 Å². The molecule has 10 nitrogen and oxygen atoms in total. The summed E-state index contributed by atoms with van der Waals surface area (Å²) in [5, 5.41) is 0. The molecule has 0 amide bonds. The van der Waals surface area contributed by atoms with Crippen LogP contribution < -0.4 is 5.73 Å². The van der Waals surface area contributed by atoms with Crippen molar-refractivity contribution in [1.29, 1.82) is 0 Å². The van der Waals surface area contributed by atoms with Crippen LogP contribution >= 0.6 is 7.82 Å². The molecule has 0 radical (unpaired) electrons. The minimum Gasteiger partial charge on any atom is -0.462 e. The summed E-state index contributed by atoms with van der Waals surface area (Å²) < 4.78 is 33.0. The first-order valence-corrected chi connectivity index (χ1v) is 23.8. The second kappa shape index (κ2) is 39.7. The van der Waals surface area contributed by atoms with Crippen LogP contribution in [-0.2, 0) is 37.5 Å². The van der Waals surface area contributed by atoms with Gasteiger partial charge in [-0.15, -0.1) is 0 Å². The fourth-order valence-corrected chi connectivity index (χ4v) is 6.74. The first-order chi connectivity index (χ1) is 27.1. The van der Waals surface area contributed by atoms with Crippen molar-refractivity contribution in [3.63, 3.8) is 0 Å². The van der Waals surface area contributed by atoms with Crippen molar-refractivity contribution in [3.05, 3.63) is 36.5 Å². The van der Waals surface area contributed by atoms with Gasteiger partial charge in [0.25, 0.3) is 0 Å². The molecule has 3 atom stereocenters. The summed E-state index contributed by atoms with van der Waals surface area (Å²) in [5.41, 5.74) is 5.58. The number of nitrogens with two attached hydrogens (primary N) is 1. The number of carbonyl (C=O) groups is 3. The Kier molecular flexibility index (Phi) is 38.2. The van der Waals surface area contributed by atoms with Crippen LogP contribution in [0.15, 0.2) is 36.5 Å². The van der Waals surface area contributed by atoms with E-state index in [9.17, 15) is 23.8 Å².